The van der Waals surface area contributed by atoms with Crippen LogP contribution in [-0.2, 0) is 5.41 Å². The first kappa shape index (κ1) is 22.0. The molecule has 29 heavy (non-hydrogen) atoms. The summed E-state index contributed by atoms with van der Waals surface area (Å²) in [6, 6.07) is 16.4. The maximum Gasteiger partial charge on any atom is 0.277 e. The predicted molar refractivity (Wildman–Crippen MR) is 118 cm³/mol. The Morgan fingerprint density at radius 1 is 1.03 bits per heavy atom. The van der Waals surface area contributed by atoms with E-state index in [-0.39, 0.29) is 35.4 Å². The first-order chi connectivity index (χ1) is 13.2. The number of hydrogen-bond acceptors (Lipinski definition) is 4. The molecule has 0 saturated carbocycles. The molecule has 0 fully saturated rings. The molecule has 1 aromatic heterocycles. The molecular weight excluding hydrogens is 390 g/mol. The van der Waals surface area contributed by atoms with Crippen LogP contribution in [-0.4, -0.2) is 17.0 Å². The lowest BCUT2D eigenvalue weighted by Crippen LogP contribution is -2.21. The van der Waals surface area contributed by atoms with E-state index in [0.29, 0.717) is 17.1 Å². The zero-order chi connectivity index (χ0) is 20.3. The minimum Gasteiger partial charge on any atom is -0.370 e. The number of rotatable bonds is 4. The number of nitrogens with zero attached hydrogens (tertiary/aromatic N) is 2. The van der Waals surface area contributed by atoms with Crippen LogP contribution in [0.1, 0.15) is 36.8 Å². The van der Waals surface area contributed by atoms with E-state index in [1.807, 2.05) is 24.3 Å². The third kappa shape index (κ3) is 5.58. The van der Waals surface area contributed by atoms with E-state index in [4.69, 9.17) is 16.0 Å². The molecule has 3 rings (SSSR count). The van der Waals surface area contributed by atoms with Crippen molar-refractivity contribution in [3.63, 3.8) is 0 Å². The van der Waals surface area contributed by atoms with Gasteiger partial charge in [-0.25, -0.2) is 4.99 Å². The number of guanidine groups is 1. The molecule has 5 N–H and O–H groups in total. The normalized spacial score (nSPS) is 10.7. The monoisotopic (exact) mass is 413 g/mol. The summed E-state index contributed by atoms with van der Waals surface area (Å²) < 4.78 is 5.30. The molecule has 152 valence electrons. The van der Waals surface area contributed by atoms with Crippen molar-refractivity contribution in [3.05, 3.63) is 65.9 Å². The highest BCUT2D eigenvalue weighted by atomic mass is 35.5. The van der Waals surface area contributed by atoms with Gasteiger partial charge in [0.05, 0.1) is 5.69 Å². The van der Waals surface area contributed by atoms with Crippen LogP contribution < -0.4 is 16.8 Å². The zero-order valence-electron chi connectivity index (χ0n) is 16.5. The van der Waals surface area contributed by atoms with Crippen molar-refractivity contribution in [1.82, 2.24) is 5.16 Å². The second-order valence-corrected chi connectivity index (χ2v) is 7.44. The van der Waals surface area contributed by atoms with Gasteiger partial charge in [0.2, 0.25) is 0 Å². The van der Waals surface area contributed by atoms with Gasteiger partial charge >= 0.3 is 0 Å². The molecule has 0 bridgehead atoms. The van der Waals surface area contributed by atoms with E-state index in [0.717, 1.165) is 5.56 Å². The number of benzene rings is 2. The Bertz CT molecular complexity index is 999. The molecule has 0 spiro atoms. The predicted octanol–water partition coefficient (Wildman–Crippen LogP) is 4.22. The molecular formula is C21H24ClN5O2. The van der Waals surface area contributed by atoms with Crippen LogP contribution in [0.3, 0.4) is 0 Å². The van der Waals surface area contributed by atoms with Crippen molar-refractivity contribution in [2.75, 3.05) is 5.32 Å². The summed E-state index contributed by atoms with van der Waals surface area (Å²) in [6.45, 7) is 6.42. The number of nitrogens with two attached hydrogens (primary N) is 2. The van der Waals surface area contributed by atoms with Gasteiger partial charge in [-0.2, -0.15) is 0 Å². The van der Waals surface area contributed by atoms with Crippen molar-refractivity contribution in [1.29, 1.82) is 0 Å². The van der Waals surface area contributed by atoms with Crippen molar-refractivity contribution in [3.8, 4) is 11.3 Å². The van der Waals surface area contributed by atoms with Gasteiger partial charge < -0.3 is 21.3 Å². The third-order valence-electron chi connectivity index (χ3n) is 4.16. The highest BCUT2D eigenvalue weighted by Crippen LogP contribution is 2.25. The maximum absolute atomic E-state index is 12.4. The molecule has 0 aliphatic rings. The Kier molecular flexibility index (Phi) is 6.66. The molecule has 7 nitrogen and oxygen atoms in total. The lowest BCUT2D eigenvalue weighted by atomic mass is 9.87. The molecule has 0 unspecified atom stereocenters. The number of aliphatic imine (C=N–C) groups is 1. The number of hydrogen-bond donors (Lipinski definition) is 3. The minimum atomic E-state index is -0.337. The van der Waals surface area contributed by atoms with Gasteiger partial charge in [-0.05, 0) is 47.4 Å². The van der Waals surface area contributed by atoms with E-state index >= 15 is 0 Å². The topological polar surface area (TPSA) is 120 Å². The van der Waals surface area contributed by atoms with Crippen LogP contribution in [0.5, 0.6) is 0 Å². The van der Waals surface area contributed by atoms with Crippen molar-refractivity contribution in [2.24, 2.45) is 16.5 Å². The van der Waals surface area contributed by atoms with Crippen LogP contribution >= 0.6 is 12.4 Å². The smallest absolute Gasteiger partial charge is 0.277 e. The first-order valence-electron chi connectivity index (χ1n) is 8.81. The van der Waals surface area contributed by atoms with Gasteiger partial charge in [0.25, 0.3) is 5.91 Å². The first-order valence-corrected chi connectivity index (χ1v) is 8.81. The van der Waals surface area contributed by atoms with Crippen LogP contribution in [0.4, 0.5) is 11.4 Å². The van der Waals surface area contributed by atoms with E-state index in [1.165, 1.54) is 5.56 Å². The molecule has 3 aromatic rings. The van der Waals surface area contributed by atoms with Gasteiger partial charge in [0.1, 0.15) is 0 Å². The Morgan fingerprint density at radius 3 is 2.21 bits per heavy atom. The number of aromatic nitrogens is 1. The number of carbonyl (C=O) groups excluding carboxylic acids is 1. The summed E-state index contributed by atoms with van der Waals surface area (Å²) in [7, 11) is 0. The lowest BCUT2D eigenvalue weighted by molar-refractivity contribution is 0.101. The van der Waals surface area contributed by atoms with E-state index < -0.39 is 0 Å². The number of amides is 1. The lowest BCUT2D eigenvalue weighted by Gasteiger charge is -2.19. The van der Waals surface area contributed by atoms with Crippen LogP contribution in [0, 0.1) is 0 Å². The maximum atomic E-state index is 12.4. The summed E-state index contributed by atoms with van der Waals surface area (Å²) in [4.78, 5) is 16.4. The average Bonchev–Trinajstić information content (AvgIpc) is 3.12. The summed E-state index contributed by atoms with van der Waals surface area (Å²) in [6.07, 6.45) is 0. The molecule has 2 aromatic carbocycles. The van der Waals surface area contributed by atoms with E-state index in [1.54, 1.807) is 30.3 Å². The fraction of sp³-hybridized carbons (Fsp3) is 0.190. The molecule has 1 amide bonds. The highest BCUT2D eigenvalue weighted by molar-refractivity contribution is 6.03. The highest BCUT2D eigenvalue weighted by Gasteiger charge is 2.16. The molecule has 1 heterocycles. The molecule has 0 saturated heterocycles. The minimum absolute atomic E-state index is 0. The average molecular weight is 414 g/mol. The molecule has 0 radical (unpaired) electrons. The molecule has 0 atom stereocenters. The van der Waals surface area contributed by atoms with Gasteiger partial charge in [0.15, 0.2) is 17.4 Å². The van der Waals surface area contributed by atoms with Gasteiger partial charge in [-0.1, -0.05) is 38.1 Å². The Morgan fingerprint density at radius 2 is 1.66 bits per heavy atom. The SMILES string of the molecule is CC(C)(C)c1ccc(NC(=O)c2cc(-c3ccc(N=C(N)N)cc3)on2)cc1.Cl. The fourth-order valence-corrected chi connectivity index (χ4v) is 2.62. The van der Waals surface area contributed by atoms with Crippen LogP contribution in [0.2, 0.25) is 0 Å². The summed E-state index contributed by atoms with van der Waals surface area (Å²) >= 11 is 0. The standard InChI is InChI=1S/C21H23N5O2.ClH/c1-21(2,3)14-6-10-15(11-7-14)24-19(27)17-12-18(28-26-17)13-4-8-16(9-5-13)25-20(22)23;/h4-12H,1-3H3,(H,24,27)(H4,22,23,25);1H. The number of halogens is 1. The summed E-state index contributed by atoms with van der Waals surface area (Å²) in [5.74, 6) is 0.127. The molecule has 0 aliphatic carbocycles. The van der Waals surface area contributed by atoms with Crippen molar-refractivity contribution < 1.29 is 9.32 Å². The fourth-order valence-electron chi connectivity index (χ4n) is 2.62. The second-order valence-electron chi connectivity index (χ2n) is 7.44. The third-order valence-corrected chi connectivity index (χ3v) is 4.16. The van der Waals surface area contributed by atoms with Crippen molar-refractivity contribution in [2.45, 2.75) is 26.2 Å². The Hall–Kier alpha value is -3.32. The Balaban J connectivity index is 0.00000300. The Labute approximate surface area is 175 Å². The van der Waals surface area contributed by atoms with Crippen LogP contribution in [0.15, 0.2) is 64.1 Å². The number of nitrogens with one attached hydrogen (secondary N) is 1. The number of anilines is 1. The van der Waals surface area contributed by atoms with E-state index in [2.05, 4.69) is 36.2 Å². The van der Waals surface area contributed by atoms with Crippen LogP contribution in [0.25, 0.3) is 11.3 Å². The largest absolute Gasteiger partial charge is 0.370 e. The molecule has 0 aliphatic heterocycles. The van der Waals surface area contributed by atoms with Gasteiger partial charge in [0, 0.05) is 17.3 Å². The summed E-state index contributed by atoms with van der Waals surface area (Å²) in [5.41, 5.74) is 14.2. The quantitative estimate of drug-likeness (QED) is 0.437. The zero-order valence-corrected chi connectivity index (χ0v) is 17.3. The molecule has 8 heteroatoms. The summed E-state index contributed by atoms with van der Waals surface area (Å²) in [5, 5.41) is 6.69. The number of carbonyl (C=O) groups is 1. The van der Waals surface area contributed by atoms with E-state index in [9.17, 15) is 4.79 Å². The second kappa shape index (κ2) is 8.79. The van der Waals surface area contributed by atoms with Gasteiger partial charge in [-0.3, -0.25) is 4.79 Å². The van der Waals surface area contributed by atoms with Gasteiger partial charge in [-0.15, -0.1) is 12.4 Å². The van der Waals surface area contributed by atoms with Crippen molar-refractivity contribution >= 4 is 35.6 Å².